The molecule has 0 atom stereocenters. The van der Waals surface area contributed by atoms with Crippen molar-refractivity contribution < 1.29 is 0 Å². The van der Waals surface area contributed by atoms with Crippen LogP contribution in [-0.2, 0) is 25.9 Å². The van der Waals surface area contributed by atoms with E-state index in [1.54, 1.807) is 6.33 Å². The molecule has 0 amide bonds. The van der Waals surface area contributed by atoms with Gasteiger partial charge in [0, 0.05) is 25.4 Å². The van der Waals surface area contributed by atoms with E-state index in [0.29, 0.717) is 0 Å². The summed E-state index contributed by atoms with van der Waals surface area (Å²) in [4.78, 5) is 8.73. The number of hydrogen-bond acceptors (Lipinski definition) is 3. The molecule has 5 nitrogen and oxygen atoms in total. The van der Waals surface area contributed by atoms with Crippen molar-refractivity contribution in [2.45, 2.75) is 32.9 Å². The lowest BCUT2D eigenvalue weighted by atomic mass is 10.1. The third-order valence-corrected chi connectivity index (χ3v) is 3.58. The summed E-state index contributed by atoms with van der Waals surface area (Å²) >= 11 is 0. The monoisotopic (exact) mass is 281 g/mol. The van der Waals surface area contributed by atoms with Crippen LogP contribution in [0, 0.1) is 0 Å². The lowest BCUT2D eigenvalue weighted by molar-refractivity contribution is 0.557. The van der Waals surface area contributed by atoms with Crippen molar-refractivity contribution in [3.63, 3.8) is 0 Å². The van der Waals surface area contributed by atoms with Gasteiger partial charge in [-0.15, -0.1) is 0 Å². The Balaban J connectivity index is 1.69. The second-order valence-corrected chi connectivity index (χ2v) is 4.96. The number of aromatic nitrogens is 5. The Labute approximate surface area is 124 Å². The maximum Gasteiger partial charge on any atom is 0.146 e. The summed E-state index contributed by atoms with van der Waals surface area (Å²) < 4.78 is 4.11. The molecule has 3 aromatic rings. The molecule has 0 spiro atoms. The first kappa shape index (κ1) is 13.5. The van der Waals surface area contributed by atoms with Crippen LogP contribution in [0.15, 0.2) is 49.1 Å². The Kier molecular flexibility index (Phi) is 4.09. The van der Waals surface area contributed by atoms with Crippen molar-refractivity contribution in [3.05, 3.63) is 66.3 Å². The highest BCUT2D eigenvalue weighted by atomic mass is 15.3. The molecular formula is C16H19N5. The molecule has 2 aromatic heterocycles. The second kappa shape index (κ2) is 6.35. The minimum atomic E-state index is 0.720. The summed E-state index contributed by atoms with van der Waals surface area (Å²) in [5.74, 6) is 2.05. The summed E-state index contributed by atoms with van der Waals surface area (Å²) in [5.41, 5.74) is 1.32. The molecule has 108 valence electrons. The van der Waals surface area contributed by atoms with Gasteiger partial charge >= 0.3 is 0 Å². The largest absolute Gasteiger partial charge is 0.327 e. The predicted octanol–water partition coefficient (Wildman–Crippen LogP) is 2.33. The highest BCUT2D eigenvalue weighted by Crippen LogP contribution is 2.06. The van der Waals surface area contributed by atoms with Gasteiger partial charge < -0.3 is 4.57 Å². The van der Waals surface area contributed by atoms with Crippen LogP contribution < -0.4 is 0 Å². The van der Waals surface area contributed by atoms with Crippen LogP contribution in [0.4, 0.5) is 0 Å². The van der Waals surface area contributed by atoms with Gasteiger partial charge in [-0.1, -0.05) is 37.3 Å². The van der Waals surface area contributed by atoms with Crippen molar-refractivity contribution in [3.8, 4) is 0 Å². The number of imidazole rings is 1. The van der Waals surface area contributed by atoms with E-state index in [1.165, 1.54) is 5.56 Å². The van der Waals surface area contributed by atoms with Crippen molar-refractivity contribution in [1.29, 1.82) is 0 Å². The van der Waals surface area contributed by atoms with E-state index in [2.05, 4.69) is 50.8 Å². The first-order valence-electron chi connectivity index (χ1n) is 7.27. The zero-order valence-corrected chi connectivity index (χ0v) is 12.2. The Morgan fingerprint density at radius 2 is 1.90 bits per heavy atom. The van der Waals surface area contributed by atoms with E-state index in [1.807, 2.05) is 23.1 Å². The van der Waals surface area contributed by atoms with E-state index in [9.17, 15) is 0 Å². The van der Waals surface area contributed by atoms with Gasteiger partial charge in [0.1, 0.15) is 18.0 Å². The van der Waals surface area contributed by atoms with E-state index in [0.717, 1.165) is 37.6 Å². The molecule has 1 aromatic carbocycles. The molecule has 0 unspecified atom stereocenters. The molecule has 0 N–H and O–H groups in total. The Morgan fingerprint density at radius 3 is 2.71 bits per heavy atom. The second-order valence-electron chi connectivity index (χ2n) is 4.96. The predicted molar refractivity (Wildman–Crippen MR) is 80.9 cm³/mol. The topological polar surface area (TPSA) is 48.5 Å². The van der Waals surface area contributed by atoms with Gasteiger partial charge in [0.05, 0.1) is 6.54 Å². The lowest BCUT2D eigenvalue weighted by Crippen LogP contribution is -2.12. The Bertz CT molecular complexity index is 684. The zero-order chi connectivity index (χ0) is 14.5. The quantitative estimate of drug-likeness (QED) is 0.696. The molecular weight excluding hydrogens is 262 g/mol. The van der Waals surface area contributed by atoms with E-state index in [4.69, 9.17) is 0 Å². The summed E-state index contributed by atoms with van der Waals surface area (Å²) in [5, 5.41) is 4.34. The number of nitrogens with zero attached hydrogens (tertiary/aromatic N) is 5. The third kappa shape index (κ3) is 3.18. The Hall–Kier alpha value is -2.43. The number of aryl methyl sites for hydroxylation is 3. The lowest BCUT2D eigenvalue weighted by Gasteiger charge is -2.08. The van der Waals surface area contributed by atoms with Gasteiger partial charge in [-0.25, -0.2) is 14.6 Å². The standard InChI is InChI=1S/C16H19N5/c1-2-15-17-9-11-20(15)12-16-18-13-19-21(16)10-8-14-6-4-3-5-7-14/h3-7,9,11,13H,2,8,10,12H2,1H3. The fraction of sp³-hybridized carbons (Fsp3) is 0.312. The highest BCUT2D eigenvalue weighted by molar-refractivity contribution is 5.14. The molecule has 0 aliphatic carbocycles. The van der Waals surface area contributed by atoms with Crippen LogP contribution >= 0.6 is 0 Å². The van der Waals surface area contributed by atoms with Gasteiger partial charge in [-0.3, -0.25) is 0 Å². The van der Waals surface area contributed by atoms with Crippen LogP contribution in [0.5, 0.6) is 0 Å². The maximum absolute atomic E-state index is 4.38. The zero-order valence-electron chi connectivity index (χ0n) is 12.2. The Morgan fingerprint density at radius 1 is 1.05 bits per heavy atom. The smallest absolute Gasteiger partial charge is 0.146 e. The van der Waals surface area contributed by atoms with Gasteiger partial charge in [0.25, 0.3) is 0 Å². The SMILES string of the molecule is CCc1nccn1Cc1ncnn1CCc1ccccc1. The normalized spacial score (nSPS) is 10.9. The number of rotatable bonds is 6. The summed E-state index contributed by atoms with van der Waals surface area (Å²) in [6, 6.07) is 10.5. The van der Waals surface area contributed by atoms with Crippen molar-refractivity contribution >= 4 is 0 Å². The van der Waals surface area contributed by atoms with Gasteiger partial charge in [-0.05, 0) is 12.0 Å². The molecule has 0 radical (unpaired) electrons. The summed E-state index contributed by atoms with van der Waals surface area (Å²) in [6.07, 6.45) is 7.34. The first-order valence-corrected chi connectivity index (χ1v) is 7.27. The van der Waals surface area contributed by atoms with Crippen molar-refractivity contribution in [2.75, 3.05) is 0 Å². The molecule has 3 rings (SSSR count). The average Bonchev–Trinajstić information content (AvgIpc) is 3.16. The van der Waals surface area contributed by atoms with E-state index >= 15 is 0 Å². The molecule has 21 heavy (non-hydrogen) atoms. The van der Waals surface area contributed by atoms with Crippen LogP contribution in [0.3, 0.4) is 0 Å². The maximum atomic E-state index is 4.38. The molecule has 0 aliphatic heterocycles. The summed E-state index contributed by atoms with van der Waals surface area (Å²) in [7, 11) is 0. The van der Waals surface area contributed by atoms with E-state index in [-0.39, 0.29) is 0 Å². The molecule has 0 aliphatic rings. The molecule has 5 heteroatoms. The van der Waals surface area contributed by atoms with Crippen LogP contribution in [-0.4, -0.2) is 24.3 Å². The van der Waals surface area contributed by atoms with Gasteiger partial charge in [0.15, 0.2) is 0 Å². The van der Waals surface area contributed by atoms with Crippen molar-refractivity contribution in [1.82, 2.24) is 24.3 Å². The van der Waals surface area contributed by atoms with Gasteiger partial charge in [-0.2, -0.15) is 5.10 Å². The highest BCUT2D eigenvalue weighted by Gasteiger charge is 2.08. The third-order valence-electron chi connectivity index (χ3n) is 3.58. The molecule has 0 saturated heterocycles. The molecule has 2 heterocycles. The van der Waals surface area contributed by atoms with Crippen LogP contribution in [0.2, 0.25) is 0 Å². The minimum absolute atomic E-state index is 0.720. The molecule has 0 bridgehead atoms. The van der Waals surface area contributed by atoms with Crippen LogP contribution in [0.1, 0.15) is 24.1 Å². The fourth-order valence-electron chi connectivity index (χ4n) is 2.43. The van der Waals surface area contributed by atoms with E-state index < -0.39 is 0 Å². The minimum Gasteiger partial charge on any atom is -0.327 e. The van der Waals surface area contributed by atoms with Gasteiger partial charge in [0.2, 0.25) is 0 Å². The molecule has 0 saturated carbocycles. The summed E-state index contributed by atoms with van der Waals surface area (Å²) in [6.45, 7) is 3.67. The average molecular weight is 281 g/mol. The number of benzene rings is 1. The number of hydrogen-bond donors (Lipinski definition) is 0. The molecule has 0 fully saturated rings. The fourth-order valence-corrected chi connectivity index (χ4v) is 2.43. The van der Waals surface area contributed by atoms with Crippen LogP contribution in [0.25, 0.3) is 0 Å². The first-order chi connectivity index (χ1) is 10.4. The van der Waals surface area contributed by atoms with Crippen molar-refractivity contribution in [2.24, 2.45) is 0 Å².